The van der Waals surface area contributed by atoms with E-state index in [9.17, 15) is 9.18 Å². The number of carbonyl (C=O) groups is 1. The number of benzene rings is 3. The third kappa shape index (κ3) is 5.00. The second kappa shape index (κ2) is 9.43. The summed E-state index contributed by atoms with van der Waals surface area (Å²) in [6.45, 7) is 3.84. The number of carbonyl (C=O) groups excluding carboxylic acids is 1. The number of ether oxygens (including phenoxy) is 2. The zero-order valence-corrected chi connectivity index (χ0v) is 17.6. The highest BCUT2D eigenvalue weighted by atomic mass is 19.1. The quantitative estimate of drug-likeness (QED) is 0.350. The summed E-state index contributed by atoms with van der Waals surface area (Å²) in [5.41, 5.74) is 2.95. The van der Waals surface area contributed by atoms with Crippen molar-refractivity contribution in [1.82, 2.24) is 10.2 Å². The summed E-state index contributed by atoms with van der Waals surface area (Å²) in [6, 6.07) is 20.4. The average Bonchev–Trinajstić information content (AvgIpc) is 3.30. The van der Waals surface area contributed by atoms with Gasteiger partial charge in [0.1, 0.15) is 23.7 Å². The van der Waals surface area contributed by atoms with Crippen molar-refractivity contribution < 1.29 is 23.1 Å². The summed E-state index contributed by atoms with van der Waals surface area (Å²) in [5, 5.41) is 8.06. The van der Waals surface area contributed by atoms with Crippen molar-refractivity contribution in [3.05, 3.63) is 101 Å². The fourth-order valence-corrected chi connectivity index (χ4v) is 2.99. The zero-order chi connectivity index (χ0) is 22.5. The molecule has 0 aliphatic carbocycles. The highest BCUT2D eigenvalue weighted by Gasteiger charge is 2.22. The minimum absolute atomic E-state index is 0.184. The summed E-state index contributed by atoms with van der Waals surface area (Å²) in [5.74, 6) is 0.00466. The van der Waals surface area contributed by atoms with Gasteiger partial charge in [0.25, 0.3) is 5.89 Å². The number of hydrogen-bond donors (Lipinski definition) is 0. The number of nitrogens with zero attached hydrogens (tertiary/aromatic N) is 2. The predicted octanol–water partition coefficient (Wildman–Crippen LogP) is 5.68. The zero-order valence-electron chi connectivity index (χ0n) is 17.6. The van der Waals surface area contributed by atoms with Gasteiger partial charge in [-0.1, -0.05) is 42.0 Å². The van der Waals surface area contributed by atoms with Crippen LogP contribution in [0.3, 0.4) is 0 Å². The van der Waals surface area contributed by atoms with Crippen LogP contribution in [-0.4, -0.2) is 16.2 Å². The first-order valence-corrected chi connectivity index (χ1v) is 10.1. The average molecular weight is 432 g/mol. The van der Waals surface area contributed by atoms with Crippen molar-refractivity contribution in [2.45, 2.75) is 26.6 Å². The van der Waals surface area contributed by atoms with Gasteiger partial charge in [0, 0.05) is 5.56 Å². The van der Waals surface area contributed by atoms with Crippen LogP contribution in [0.4, 0.5) is 4.39 Å². The van der Waals surface area contributed by atoms with E-state index in [1.165, 1.54) is 12.1 Å². The minimum atomic E-state index is -0.751. The number of aryl methyl sites for hydroxylation is 1. The van der Waals surface area contributed by atoms with Crippen LogP contribution in [0.25, 0.3) is 11.5 Å². The number of rotatable bonds is 7. The molecular weight excluding hydrogens is 411 g/mol. The highest BCUT2D eigenvalue weighted by Crippen LogP contribution is 2.26. The number of aromatic nitrogens is 2. The van der Waals surface area contributed by atoms with Gasteiger partial charge in [0.15, 0.2) is 6.10 Å². The predicted molar refractivity (Wildman–Crippen MR) is 115 cm³/mol. The monoisotopic (exact) mass is 432 g/mol. The molecule has 0 fully saturated rings. The molecule has 0 N–H and O–H groups in total. The Kier molecular flexibility index (Phi) is 6.26. The molecule has 0 saturated heterocycles. The third-order valence-electron chi connectivity index (χ3n) is 4.79. The molecule has 1 atom stereocenters. The van der Waals surface area contributed by atoms with Gasteiger partial charge in [-0.2, -0.15) is 0 Å². The number of halogens is 1. The summed E-state index contributed by atoms with van der Waals surface area (Å²) in [6.07, 6.45) is -0.751. The first-order valence-electron chi connectivity index (χ1n) is 10.1. The molecule has 162 valence electrons. The van der Waals surface area contributed by atoms with Gasteiger partial charge in [-0.3, -0.25) is 0 Å². The highest BCUT2D eigenvalue weighted by molar-refractivity contribution is 5.92. The topological polar surface area (TPSA) is 74.5 Å². The van der Waals surface area contributed by atoms with Crippen LogP contribution in [0, 0.1) is 12.7 Å². The number of esters is 1. The maximum absolute atomic E-state index is 13.1. The van der Waals surface area contributed by atoms with Crippen LogP contribution in [0.15, 0.2) is 77.2 Å². The van der Waals surface area contributed by atoms with E-state index in [0.29, 0.717) is 11.6 Å². The molecule has 0 amide bonds. The van der Waals surface area contributed by atoms with Gasteiger partial charge in [-0.25, -0.2) is 9.18 Å². The van der Waals surface area contributed by atoms with E-state index in [-0.39, 0.29) is 23.9 Å². The van der Waals surface area contributed by atoms with Crippen molar-refractivity contribution in [1.29, 1.82) is 0 Å². The molecule has 0 saturated carbocycles. The minimum Gasteiger partial charge on any atom is -0.488 e. The van der Waals surface area contributed by atoms with Crippen LogP contribution in [0.1, 0.15) is 40.4 Å². The van der Waals surface area contributed by atoms with Gasteiger partial charge in [-0.15, -0.1) is 10.2 Å². The Morgan fingerprint density at radius 2 is 1.72 bits per heavy atom. The second-order valence-corrected chi connectivity index (χ2v) is 7.27. The molecule has 4 rings (SSSR count). The molecule has 1 heterocycles. The van der Waals surface area contributed by atoms with Crippen molar-refractivity contribution in [2.75, 3.05) is 0 Å². The molecule has 1 aromatic heterocycles. The molecule has 32 heavy (non-hydrogen) atoms. The Morgan fingerprint density at radius 3 is 2.47 bits per heavy atom. The van der Waals surface area contributed by atoms with Crippen molar-refractivity contribution in [2.24, 2.45) is 0 Å². The Balaban J connectivity index is 1.43. The van der Waals surface area contributed by atoms with Gasteiger partial charge >= 0.3 is 5.97 Å². The molecule has 0 bridgehead atoms. The Bertz CT molecular complexity index is 1200. The normalized spacial score (nSPS) is 11.7. The standard InChI is InChI=1S/C25H21FN2O4/c1-16-7-11-19(12-8-16)24-28-27-23(32-24)17(2)31-25(29)21-5-3-4-6-22(21)30-15-18-9-13-20(26)14-10-18/h3-14,17H,15H2,1-2H3. The van der Waals surface area contributed by atoms with Crippen molar-refractivity contribution in [3.8, 4) is 17.2 Å². The smallest absolute Gasteiger partial charge is 0.342 e. The molecule has 0 aliphatic heterocycles. The SMILES string of the molecule is Cc1ccc(-c2nnc(C(C)OC(=O)c3ccccc3OCc3ccc(F)cc3)o2)cc1. The van der Waals surface area contributed by atoms with Gasteiger partial charge in [-0.05, 0) is 55.8 Å². The Morgan fingerprint density at radius 1 is 1.00 bits per heavy atom. The van der Waals surface area contributed by atoms with E-state index >= 15 is 0 Å². The van der Waals surface area contributed by atoms with E-state index < -0.39 is 12.1 Å². The van der Waals surface area contributed by atoms with Gasteiger partial charge < -0.3 is 13.9 Å². The van der Waals surface area contributed by atoms with Crippen LogP contribution < -0.4 is 4.74 Å². The van der Waals surface area contributed by atoms with Crippen LogP contribution in [-0.2, 0) is 11.3 Å². The Labute approximate surface area is 184 Å². The lowest BCUT2D eigenvalue weighted by Gasteiger charge is -2.13. The first kappa shape index (κ1) is 21.2. The van der Waals surface area contributed by atoms with Gasteiger partial charge in [0.05, 0.1) is 0 Å². The van der Waals surface area contributed by atoms with E-state index in [1.54, 1.807) is 43.3 Å². The number of hydrogen-bond acceptors (Lipinski definition) is 6. The fourth-order valence-electron chi connectivity index (χ4n) is 2.99. The molecule has 0 radical (unpaired) electrons. The summed E-state index contributed by atoms with van der Waals surface area (Å²) in [7, 11) is 0. The second-order valence-electron chi connectivity index (χ2n) is 7.27. The third-order valence-corrected chi connectivity index (χ3v) is 4.79. The lowest BCUT2D eigenvalue weighted by Crippen LogP contribution is -2.11. The molecule has 0 aliphatic rings. The molecule has 4 aromatic rings. The summed E-state index contributed by atoms with van der Waals surface area (Å²) in [4.78, 5) is 12.8. The van der Waals surface area contributed by atoms with Crippen molar-refractivity contribution >= 4 is 5.97 Å². The molecule has 1 unspecified atom stereocenters. The number of para-hydroxylation sites is 1. The molecular formula is C25H21FN2O4. The van der Waals surface area contributed by atoms with Crippen LogP contribution in [0.5, 0.6) is 5.75 Å². The first-order chi connectivity index (χ1) is 15.5. The maximum atomic E-state index is 13.1. The largest absolute Gasteiger partial charge is 0.488 e. The van der Waals surface area contributed by atoms with Crippen LogP contribution >= 0.6 is 0 Å². The van der Waals surface area contributed by atoms with E-state index in [4.69, 9.17) is 13.9 Å². The fraction of sp³-hybridized carbons (Fsp3) is 0.160. The lowest BCUT2D eigenvalue weighted by atomic mass is 10.1. The molecule has 3 aromatic carbocycles. The molecule has 7 heteroatoms. The maximum Gasteiger partial charge on any atom is 0.342 e. The van der Waals surface area contributed by atoms with Crippen LogP contribution in [0.2, 0.25) is 0 Å². The molecule has 0 spiro atoms. The summed E-state index contributed by atoms with van der Waals surface area (Å²) < 4.78 is 30.1. The van der Waals surface area contributed by atoms with Gasteiger partial charge in [0.2, 0.25) is 5.89 Å². The van der Waals surface area contributed by atoms with Crippen molar-refractivity contribution in [3.63, 3.8) is 0 Å². The lowest BCUT2D eigenvalue weighted by molar-refractivity contribution is 0.0275. The van der Waals surface area contributed by atoms with E-state index in [2.05, 4.69) is 10.2 Å². The summed E-state index contributed by atoms with van der Waals surface area (Å²) >= 11 is 0. The van der Waals surface area contributed by atoms with E-state index in [1.807, 2.05) is 31.2 Å². The molecule has 6 nitrogen and oxygen atoms in total. The van der Waals surface area contributed by atoms with E-state index in [0.717, 1.165) is 16.7 Å². The Hall–Kier alpha value is -4.00.